The summed E-state index contributed by atoms with van der Waals surface area (Å²) in [7, 11) is 0. The van der Waals surface area contributed by atoms with Crippen molar-refractivity contribution in [3.8, 4) is 0 Å². The van der Waals surface area contributed by atoms with Crippen LogP contribution >= 0.6 is 23.1 Å². The number of thiophene rings is 1. The van der Waals surface area contributed by atoms with E-state index in [0.29, 0.717) is 23.4 Å². The number of nitrogens with two attached hydrogens (primary N) is 1. The SMILES string of the molecule is CC1CCc2c(sc3nc(SC(C)C(=O)NCc4ccco4)nc(N)c23)C1. The number of fused-ring (bicyclic) bond motifs is 3. The lowest BCUT2D eigenvalue weighted by Gasteiger charge is -2.17. The summed E-state index contributed by atoms with van der Waals surface area (Å²) >= 11 is 3.04. The molecule has 0 fully saturated rings. The number of carbonyl (C=O) groups is 1. The van der Waals surface area contributed by atoms with Crippen LogP contribution in [0.3, 0.4) is 0 Å². The zero-order valence-electron chi connectivity index (χ0n) is 15.3. The number of aryl methyl sites for hydroxylation is 1. The van der Waals surface area contributed by atoms with Crippen molar-refractivity contribution in [2.45, 2.75) is 50.1 Å². The maximum absolute atomic E-state index is 12.3. The molecule has 0 radical (unpaired) electrons. The third-order valence-corrected chi connectivity index (χ3v) is 6.94. The van der Waals surface area contributed by atoms with E-state index in [-0.39, 0.29) is 11.2 Å². The number of amides is 1. The molecule has 142 valence electrons. The number of nitrogen functional groups attached to an aromatic ring is 1. The fourth-order valence-electron chi connectivity index (χ4n) is 3.35. The quantitative estimate of drug-likeness (QED) is 0.498. The number of aromatic nitrogens is 2. The standard InChI is InChI=1S/C19H22N4O2S2/c1-10-5-6-13-14(8-10)27-18-15(13)16(20)22-19(23-18)26-11(2)17(24)21-9-12-4-3-7-25-12/h3-4,7,10-11H,5-6,8-9H2,1-2H3,(H,21,24)(H2,20,22,23). The number of thioether (sulfide) groups is 1. The monoisotopic (exact) mass is 402 g/mol. The molecule has 0 bridgehead atoms. The smallest absolute Gasteiger partial charge is 0.233 e. The van der Waals surface area contributed by atoms with Crippen molar-refractivity contribution in [3.05, 3.63) is 34.6 Å². The minimum Gasteiger partial charge on any atom is -0.467 e. The van der Waals surface area contributed by atoms with Crippen LogP contribution in [0.4, 0.5) is 5.82 Å². The molecule has 6 nitrogen and oxygen atoms in total. The Morgan fingerprint density at radius 1 is 1.52 bits per heavy atom. The van der Waals surface area contributed by atoms with E-state index in [2.05, 4.69) is 17.2 Å². The number of nitrogens with zero attached hydrogens (tertiary/aromatic N) is 2. The van der Waals surface area contributed by atoms with Gasteiger partial charge in [-0.3, -0.25) is 4.79 Å². The van der Waals surface area contributed by atoms with Crippen molar-refractivity contribution >= 4 is 45.0 Å². The molecule has 1 aliphatic rings. The van der Waals surface area contributed by atoms with Crippen molar-refractivity contribution < 1.29 is 9.21 Å². The van der Waals surface area contributed by atoms with Gasteiger partial charge in [0.25, 0.3) is 0 Å². The molecular weight excluding hydrogens is 380 g/mol. The summed E-state index contributed by atoms with van der Waals surface area (Å²) in [6.07, 6.45) is 4.90. The molecule has 0 aliphatic heterocycles. The summed E-state index contributed by atoms with van der Waals surface area (Å²) in [4.78, 5) is 23.8. The van der Waals surface area contributed by atoms with Gasteiger partial charge in [-0.1, -0.05) is 18.7 Å². The number of furan rings is 1. The topological polar surface area (TPSA) is 94.0 Å². The lowest BCUT2D eigenvalue weighted by molar-refractivity contribution is -0.120. The molecule has 0 aromatic carbocycles. The van der Waals surface area contributed by atoms with E-state index in [0.717, 1.165) is 28.8 Å². The largest absolute Gasteiger partial charge is 0.467 e. The zero-order chi connectivity index (χ0) is 19.0. The minimum absolute atomic E-state index is 0.0852. The van der Waals surface area contributed by atoms with Crippen LogP contribution in [0.15, 0.2) is 28.0 Å². The molecule has 0 saturated heterocycles. The molecule has 0 spiro atoms. The van der Waals surface area contributed by atoms with Crippen molar-refractivity contribution in [1.82, 2.24) is 15.3 Å². The third-order valence-electron chi connectivity index (χ3n) is 4.83. The highest BCUT2D eigenvalue weighted by molar-refractivity contribution is 8.00. The predicted molar refractivity (Wildman–Crippen MR) is 109 cm³/mol. The fourth-order valence-corrected chi connectivity index (χ4v) is 5.60. The van der Waals surface area contributed by atoms with E-state index in [4.69, 9.17) is 15.1 Å². The molecule has 8 heteroatoms. The number of rotatable bonds is 5. The van der Waals surface area contributed by atoms with Gasteiger partial charge in [0.2, 0.25) is 5.91 Å². The van der Waals surface area contributed by atoms with Crippen LogP contribution in [0.1, 0.15) is 36.5 Å². The lowest BCUT2D eigenvalue weighted by atomic mass is 9.89. The van der Waals surface area contributed by atoms with E-state index in [1.807, 2.05) is 13.0 Å². The molecular formula is C19H22N4O2S2. The Morgan fingerprint density at radius 3 is 3.15 bits per heavy atom. The van der Waals surface area contributed by atoms with E-state index in [1.54, 1.807) is 23.7 Å². The second-order valence-electron chi connectivity index (χ2n) is 6.98. The van der Waals surface area contributed by atoms with Crippen molar-refractivity contribution in [2.24, 2.45) is 5.92 Å². The summed E-state index contributed by atoms with van der Waals surface area (Å²) in [5, 5.41) is 4.10. The van der Waals surface area contributed by atoms with Gasteiger partial charge >= 0.3 is 0 Å². The van der Waals surface area contributed by atoms with Gasteiger partial charge in [-0.05, 0) is 49.8 Å². The second kappa shape index (κ2) is 7.52. The van der Waals surface area contributed by atoms with Crippen molar-refractivity contribution in [3.63, 3.8) is 0 Å². The highest BCUT2D eigenvalue weighted by atomic mass is 32.2. The molecule has 1 amide bonds. The van der Waals surface area contributed by atoms with Crippen molar-refractivity contribution in [1.29, 1.82) is 0 Å². The summed E-state index contributed by atoms with van der Waals surface area (Å²) < 4.78 is 5.23. The van der Waals surface area contributed by atoms with Crippen LogP contribution < -0.4 is 11.1 Å². The Balaban J connectivity index is 1.49. The first-order valence-electron chi connectivity index (χ1n) is 9.05. The minimum atomic E-state index is -0.327. The molecule has 27 heavy (non-hydrogen) atoms. The van der Waals surface area contributed by atoms with E-state index in [1.165, 1.54) is 28.6 Å². The number of hydrogen-bond acceptors (Lipinski definition) is 7. The normalized spacial score (nSPS) is 17.6. The molecule has 3 aromatic rings. The van der Waals surface area contributed by atoms with E-state index in [9.17, 15) is 4.79 Å². The van der Waals surface area contributed by atoms with Crippen LogP contribution in [0.5, 0.6) is 0 Å². The summed E-state index contributed by atoms with van der Waals surface area (Å²) in [5.74, 6) is 1.86. The Kier molecular flexibility index (Phi) is 5.10. The molecule has 1 aliphatic carbocycles. The van der Waals surface area contributed by atoms with Crippen LogP contribution in [-0.4, -0.2) is 21.1 Å². The first-order valence-corrected chi connectivity index (χ1v) is 10.8. The first-order chi connectivity index (χ1) is 13.0. The van der Waals surface area contributed by atoms with E-state index < -0.39 is 0 Å². The van der Waals surface area contributed by atoms with Crippen LogP contribution in [-0.2, 0) is 24.2 Å². The van der Waals surface area contributed by atoms with Crippen LogP contribution in [0, 0.1) is 5.92 Å². The molecule has 2 unspecified atom stereocenters. The summed E-state index contributed by atoms with van der Waals surface area (Å²) in [6, 6.07) is 3.63. The van der Waals surface area contributed by atoms with Gasteiger partial charge in [0.15, 0.2) is 5.16 Å². The number of nitrogens with one attached hydrogen (secondary N) is 1. The number of carbonyl (C=O) groups excluding carboxylic acids is 1. The maximum atomic E-state index is 12.3. The van der Waals surface area contributed by atoms with Gasteiger partial charge in [-0.2, -0.15) is 0 Å². The molecule has 2 atom stereocenters. The zero-order valence-corrected chi connectivity index (χ0v) is 17.0. The number of hydrogen-bond donors (Lipinski definition) is 2. The van der Waals surface area contributed by atoms with Gasteiger partial charge in [-0.25, -0.2) is 9.97 Å². The predicted octanol–water partition coefficient (Wildman–Crippen LogP) is 3.79. The summed E-state index contributed by atoms with van der Waals surface area (Å²) in [6.45, 7) is 4.49. The highest BCUT2D eigenvalue weighted by Crippen LogP contribution is 2.40. The second-order valence-corrected chi connectivity index (χ2v) is 9.37. The summed E-state index contributed by atoms with van der Waals surface area (Å²) in [5.41, 5.74) is 7.59. The molecule has 4 rings (SSSR count). The molecule has 3 heterocycles. The average Bonchev–Trinajstić information content (AvgIpc) is 3.26. The Labute approximate surface area is 165 Å². The maximum Gasteiger partial charge on any atom is 0.233 e. The molecule has 3 N–H and O–H groups in total. The van der Waals surface area contributed by atoms with Gasteiger partial charge in [0.05, 0.1) is 23.4 Å². The Morgan fingerprint density at radius 2 is 2.37 bits per heavy atom. The van der Waals surface area contributed by atoms with Gasteiger partial charge < -0.3 is 15.5 Å². The van der Waals surface area contributed by atoms with Gasteiger partial charge in [0.1, 0.15) is 16.4 Å². The van der Waals surface area contributed by atoms with Crippen molar-refractivity contribution in [2.75, 3.05) is 5.73 Å². The lowest BCUT2D eigenvalue weighted by Crippen LogP contribution is -2.30. The first kappa shape index (κ1) is 18.3. The van der Waals surface area contributed by atoms with Crippen LogP contribution in [0.25, 0.3) is 10.2 Å². The Bertz CT molecular complexity index is 968. The van der Waals surface area contributed by atoms with E-state index >= 15 is 0 Å². The van der Waals surface area contributed by atoms with Gasteiger partial charge in [0, 0.05) is 4.88 Å². The number of anilines is 1. The molecule has 3 aromatic heterocycles. The highest BCUT2D eigenvalue weighted by Gasteiger charge is 2.24. The van der Waals surface area contributed by atoms with Crippen LogP contribution in [0.2, 0.25) is 0 Å². The Hall–Kier alpha value is -2.06. The fraction of sp³-hybridized carbons (Fsp3) is 0.421. The average molecular weight is 403 g/mol. The molecule has 0 saturated carbocycles. The van der Waals surface area contributed by atoms with Gasteiger partial charge in [-0.15, -0.1) is 11.3 Å². The third kappa shape index (κ3) is 3.82.